The van der Waals surface area contributed by atoms with Gasteiger partial charge in [-0.05, 0) is 52.2 Å². The molecule has 0 spiro atoms. The SMILES string of the molecule is CC(C)N(CCC1(c2ccccn2)C(=O)NC(=O)C(C)(C)C1C)C(C)C. The molecule has 0 bridgehead atoms. The van der Waals surface area contributed by atoms with Crippen LogP contribution in [0.5, 0.6) is 0 Å². The van der Waals surface area contributed by atoms with E-state index in [4.69, 9.17) is 0 Å². The molecule has 26 heavy (non-hydrogen) atoms. The number of hydrogen-bond acceptors (Lipinski definition) is 4. The molecule has 1 aliphatic rings. The second kappa shape index (κ2) is 7.47. The highest BCUT2D eigenvalue weighted by Gasteiger charge is 2.58. The molecule has 144 valence electrons. The Morgan fingerprint density at radius 1 is 1.12 bits per heavy atom. The Morgan fingerprint density at radius 3 is 2.23 bits per heavy atom. The van der Waals surface area contributed by atoms with E-state index in [0.29, 0.717) is 18.5 Å². The number of pyridine rings is 1. The van der Waals surface area contributed by atoms with Crippen LogP contribution >= 0.6 is 0 Å². The maximum atomic E-state index is 13.2. The zero-order valence-corrected chi connectivity index (χ0v) is 17.2. The van der Waals surface area contributed by atoms with Crippen LogP contribution in [0.4, 0.5) is 0 Å². The number of aromatic nitrogens is 1. The Kier molecular flexibility index (Phi) is 5.91. The molecule has 0 radical (unpaired) electrons. The molecule has 0 saturated carbocycles. The summed E-state index contributed by atoms with van der Waals surface area (Å²) in [5.41, 5.74) is -0.717. The van der Waals surface area contributed by atoms with E-state index in [9.17, 15) is 9.59 Å². The third-order valence-electron chi connectivity index (χ3n) is 6.25. The third kappa shape index (κ3) is 3.41. The zero-order valence-electron chi connectivity index (χ0n) is 17.2. The standard InChI is InChI=1S/C21H33N3O2/c1-14(2)24(15(3)4)13-11-21(17-10-8-9-12-22-17)16(5)20(6,7)18(25)23-19(21)26/h8-10,12,14-16H,11,13H2,1-7H3,(H,23,25,26). The molecule has 5 nitrogen and oxygen atoms in total. The lowest BCUT2D eigenvalue weighted by molar-refractivity contribution is -0.151. The van der Waals surface area contributed by atoms with Crippen molar-refractivity contribution >= 4 is 11.8 Å². The molecule has 0 aromatic carbocycles. The lowest BCUT2D eigenvalue weighted by Crippen LogP contribution is -2.64. The molecular formula is C21H33N3O2. The van der Waals surface area contributed by atoms with Crippen LogP contribution in [0.25, 0.3) is 0 Å². The first kappa shape index (κ1) is 20.6. The minimum Gasteiger partial charge on any atom is -0.298 e. The van der Waals surface area contributed by atoms with Crippen molar-refractivity contribution in [1.29, 1.82) is 0 Å². The summed E-state index contributed by atoms with van der Waals surface area (Å²) < 4.78 is 0. The van der Waals surface area contributed by atoms with Gasteiger partial charge in [0.05, 0.1) is 11.1 Å². The summed E-state index contributed by atoms with van der Waals surface area (Å²) in [5.74, 6) is -0.584. The number of hydrogen-bond donors (Lipinski definition) is 1. The van der Waals surface area contributed by atoms with Crippen LogP contribution < -0.4 is 5.32 Å². The maximum Gasteiger partial charge on any atom is 0.239 e. The van der Waals surface area contributed by atoms with Crippen molar-refractivity contribution in [3.8, 4) is 0 Å². The monoisotopic (exact) mass is 359 g/mol. The fourth-order valence-corrected chi connectivity index (χ4v) is 4.23. The Hall–Kier alpha value is -1.75. The smallest absolute Gasteiger partial charge is 0.239 e. The minimum absolute atomic E-state index is 0.160. The van der Waals surface area contributed by atoms with Crippen LogP contribution in [0.15, 0.2) is 24.4 Å². The van der Waals surface area contributed by atoms with Gasteiger partial charge in [-0.1, -0.05) is 26.8 Å². The molecule has 1 aromatic heterocycles. The van der Waals surface area contributed by atoms with Crippen LogP contribution in [-0.4, -0.2) is 40.3 Å². The van der Waals surface area contributed by atoms with Gasteiger partial charge in [-0.2, -0.15) is 0 Å². The van der Waals surface area contributed by atoms with E-state index in [1.54, 1.807) is 6.20 Å². The van der Waals surface area contributed by atoms with Crippen LogP contribution in [0.1, 0.15) is 60.6 Å². The van der Waals surface area contributed by atoms with E-state index < -0.39 is 10.8 Å². The number of imide groups is 1. The minimum atomic E-state index is -0.819. The number of piperidine rings is 1. The predicted molar refractivity (Wildman–Crippen MR) is 104 cm³/mol. The number of carbonyl (C=O) groups is 2. The Bertz CT molecular complexity index is 646. The fraction of sp³-hybridized carbons (Fsp3) is 0.667. The summed E-state index contributed by atoms with van der Waals surface area (Å²) in [6.45, 7) is 15.3. The lowest BCUT2D eigenvalue weighted by atomic mass is 9.57. The van der Waals surface area contributed by atoms with Crippen molar-refractivity contribution in [2.24, 2.45) is 11.3 Å². The van der Waals surface area contributed by atoms with Crippen molar-refractivity contribution < 1.29 is 9.59 Å². The van der Waals surface area contributed by atoms with Crippen molar-refractivity contribution in [3.05, 3.63) is 30.1 Å². The van der Waals surface area contributed by atoms with Gasteiger partial charge in [0.25, 0.3) is 0 Å². The van der Waals surface area contributed by atoms with E-state index in [0.717, 1.165) is 12.2 Å². The largest absolute Gasteiger partial charge is 0.298 e. The van der Waals surface area contributed by atoms with Crippen LogP contribution in [0.3, 0.4) is 0 Å². The van der Waals surface area contributed by atoms with Gasteiger partial charge in [0.15, 0.2) is 0 Å². The number of nitrogens with one attached hydrogen (secondary N) is 1. The number of carbonyl (C=O) groups excluding carboxylic acids is 2. The molecule has 1 N–H and O–H groups in total. The van der Waals surface area contributed by atoms with Crippen LogP contribution in [0.2, 0.25) is 0 Å². The van der Waals surface area contributed by atoms with Gasteiger partial charge < -0.3 is 0 Å². The second-order valence-electron chi connectivity index (χ2n) is 8.59. The molecule has 1 saturated heterocycles. The highest BCUT2D eigenvalue weighted by molar-refractivity contribution is 6.06. The summed E-state index contributed by atoms with van der Waals surface area (Å²) in [7, 11) is 0. The average Bonchev–Trinajstić information content (AvgIpc) is 2.57. The topological polar surface area (TPSA) is 62.3 Å². The molecule has 0 aliphatic carbocycles. The lowest BCUT2D eigenvalue weighted by Gasteiger charge is -2.49. The van der Waals surface area contributed by atoms with E-state index in [1.807, 2.05) is 39.0 Å². The second-order valence-corrected chi connectivity index (χ2v) is 8.59. The summed E-state index contributed by atoms with van der Waals surface area (Å²) >= 11 is 0. The van der Waals surface area contributed by atoms with Crippen molar-refractivity contribution in [3.63, 3.8) is 0 Å². The Labute approximate surface area is 157 Å². The van der Waals surface area contributed by atoms with E-state index >= 15 is 0 Å². The van der Waals surface area contributed by atoms with Gasteiger partial charge in [0.1, 0.15) is 0 Å². The molecule has 1 aromatic rings. The van der Waals surface area contributed by atoms with Gasteiger partial charge in [0, 0.05) is 30.2 Å². The quantitative estimate of drug-likeness (QED) is 0.793. The Balaban J connectivity index is 2.50. The van der Waals surface area contributed by atoms with Crippen LogP contribution in [-0.2, 0) is 15.0 Å². The first-order valence-electron chi connectivity index (χ1n) is 9.58. The van der Waals surface area contributed by atoms with E-state index in [2.05, 4.69) is 42.9 Å². The number of amides is 2. The van der Waals surface area contributed by atoms with Crippen LogP contribution in [0, 0.1) is 11.3 Å². The first-order valence-corrected chi connectivity index (χ1v) is 9.58. The summed E-state index contributed by atoms with van der Waals surface area (Å²) in [4.78, 5) is 32.6. The van der Waals surface area contributed by atoms with Crippen molar-refractivity contribution in [2.75, 3.05) is 6.54 Å². The van der Waals surface area contributed by atoms with Gasteiger partial charge in [-0.15, -0.1) is 0 Å². The summed E-state index contributed by atoms with van der Waals surface area (Å²) in [5, 5.41) is 2.64. The zero-order chi connectivity index (χ0) is 19.7. The fourth-order valence-electron chi connectivity index (χ4n) is 4.23. The number of rotatable bonds is 6. The first-order chi connectivity index (χ1) is 12.0. The molecule has 1 aliphatic heterocycles. The molecule has 5 heteroatoms. The highest BCUT2D eigenvalue weighted by Crippen LogP contribution is 2.47. The Morgan fingerprint density at radius 2 is 1.73 bits per heavy atom. The number of nitrogens with zero attached hydrogens (tertiary/aromatic N) is 2. The average molecular weight is 360 g/mol. The molecule has 2 amide bonds. The molecular weight excluding hydrogens is 326 g/mol. The van der Waals surface area contributed by atoms with Gasteiger partial charge >= 0.3 is 0 Å². The molecule has 1 fully saturated rings. The highest BCUT2D eigenvalue weighted by atomic mass is 16.2. The predicted octanol–water partition coefficient (Wildman–Crippen LogP) is 3.15. The molecule has 2 heterocycles. The van der Waals surface area contributed by atoms with Gasteiger partial charge in [-0.3, -0.25) is 24.8 Å². The summed E-state index contributed by atoms with van der Waals surface area (Å²) in [6, 6.07) is 6.44. The van der Waals surface area contributed by atoms with Crippen molar-refractivity contribution in [2.45, 2.75) is 72.4 Å². The van der Waals surface area contributed by atoms with Crippen molar-refractivity contribution in [1.82, 2.24) is 15.2 Å². The molecule has 2 unspecified atom stereocenters. The third-order valence-corrected chi connectivity index (χ3v) is 6.25. The maximum absolute atomic E-state index is 13.2. The molecule has 2 rings (SSSR count). The normalized spacial score (nSPS) is 25.8. The van der Waals surface area contributed by atoms with E-state index in [1.165, 1.54) is 0 Å². The molecule has 2 atom stereocenters. The summed E-state index contributed by atoms with van der Waals surface area (Å²) in [6.07, 6.45) is 2.35. The van der Waals surface area contributed by atoms with Gasteiger partial charge in [0.2, 0.25) is 11.8 Å². The van der Waals surface area contributed by atoms with Gasteiger partial charge in [-0.25, -0.2) is 0 Å². The van der Waals surface area contributed by atoms with E-state index in [-0.39, 0.29) is 17.7 Å².